The third-order valence-corrected chi connectivity index (χ3v) is 2.88. The number of rotatable bonds is 2. The van der Waals surface area contributed by atoms with E-state index in [0.29, 0.717) is 15.9 Å². The largest absolute Gasteiger partial charge is 0.336 e. The minimum Gasteiger partial charge on any atom is -0.336 e. The molecule has 0 amide bonds. The minimum absolute atomic E-state index is 0.105. The number of H-pyrrole nitrogens is 1. The summed E-state index contributed by atoms with van der Waals surface area (Å²) in [5, 5.41) is 0.967. The highest BCUT2D eigenvalue weighted by Gasteiger charge is 2.07. The third kappa shape index (κ3) is 2.10. The second kappa shape index (κ2) is 4.28. The van der Waals surface area contributed by atoms with Crippen LogP contribution in [0, 0.1) is 0 Å². The Labute approximate surface area is 102 Å². The van der Waals surface area contributed by atoms with Gasteiger partial charge in [0.1, 0.15) is 0 Å². The molecule has 0 aliphatic rings. The van der Waals surface area contributed by atoms with Crippen molar-refractivity contribution >= 4 is 29.0 Å². The lowest BCUT2D eigenvalue weighted by molar-refractivity contribution is 0.100. The zero-order valence-electron chi connectivity index (χ0n) is 8.42. The van der Waals surface area contributed by atoms with Crippen LogP contribution in [0.25, 0.3) is 11.3 Å². The van der Waals surface area contributed by atoms with Crippen molar-refractivity contribution in [1.29, 1.82) is 0 Å². The van der Waals surface area contributed by atoms with Gasteiger partial charge in [0.25, 0.3) is 0 Å². The third-order valence-electron chi connectivity index (χ3n) is 2.14. The van der Waals surface area contributed by atoms with E-state index in [1.165, 1.54) is 6.92 Å². The lowest BCUT2D eigenvalue weighted by Crippen LogP contribution is -1.93. The van der Waals surface area contributed by atoms with Crippen molar-refractivity contribution in [1.82, 2.24) is 9.97 Å². The number of carbonyl (C=O) groups is 1. The SMILES string of the molecule is CC(=O)c1ncc(-c2ccc(Cl)c(Cl)c2)[nH]1. The van der Waals surface area contributed by atoms with E-state index in [9.17, 15) is 4.79 Å². The summed E-state index contributed by atoms with van der Waals surface area (Å²) >= 11 is 11.7. The molecule has 1 heterocycles. The van der Waals surface area contributed by atoms with Crippen molar-refractivity contribution in [2.24, 2.45) is 0 Å². The number of nitrogens with zero attached hydrogens (tertiary/aromatic N) is 1. The van der Waals surface area contributed by atoms with Crippen molar-refractivity contribution < 1.29 is 4.79 Å². The fourth-order valence-electron chi connectivity index (χ4n) is 1.31. The first-order chi connectivity index (χ1) is 7.58. The van der Waals surface area contributed by atoms with Gasteiger partial charge in [0.05, 0.1) is 21.9 Å². The summed E-state index contributed by atoms with van der Waals surface area (Å²) in [6.45, 7) is 1.46. The van der Waals surface area contributed by atoms with Crippen LogP contribution in [0.4, 0.5) is 0 Å². The Morgan fingerprint density at radius 3 is 2.62 bits per heavy atom. The highest BCUT2D eigenvalue weighted by molar-refractivity contribution is 6.42. The number of benzene rings is 1. The summed E-state index contributed by atoms with van der Waals surface area (Å²) < 4.78 is 0. The van der Waals surface area contributed by atoms with Crippen molar-refractivity contribution in [2.75, 3.05) is 0 Å². The van der Waals surface area contributed by atoms with Gasteiger partial charge in [-0.3, -0.25) is 4.79 Å². The molecule has 0 aliphatic heterocycles. The number of carbonyl (C=O) groups excluding carboxylic acids is 1. The van der Waals surface area contributed by atoms with Gasteiger partial charge >= 0.3 is 0 Å². The molecule has 0 saturated heterocycles. The maximum atomic E-state index is 11.1. The molecular weight excluding hydrogens is 247 g/mol. The van der Waals surface area contributed by atoms with Crippen molar-refractivity contribution in [3.05, 3.63) is 40.3 Å². The fourth-order valence-corrected chi connectivity index (χ4v) is 1.61. The Hall–Kier alpha value is -1.32. The van der Waals surface area contributed by atoms with E-state index in [4.69, 9.17) is 23.2 Å². The van der Waals surface area contributed by atoms with Gasteiger partial charge in [-0.2, -0.15) is 0 Å². The molecule has 0 radical (unpaired) electrons. The zero-order valence-corrected chi connectivity index (χ0v) is 9.93. The van der Waals surface area contributed by atoms with E-state index in [0.717, 1.165) is 11.3 Å². The van der Waals surface area contributed by atoms with Crippen LogP contribution in [0.3, 0.4) is 0 Å². The lowest BCUT2D eigenvalue weighted by Gasteiger charge is -1.99. The smallest absolute Gasteiger partial charge is 0.194 e. The van der Waals surface area contributed by atoms with Crippen LogP contribution in [-0.4, -0.2) is 15.8 Å². The summed E-state index contributed by atoms with van der Waals surface area (Å²) in [5.41, 5.74) is 1.58. The molecule has 0 atom stereocenters. The Balaban J connectivity index is 2.42. The molecular formula is C11H8Cl2N2O. The molecule has 0 bridgehead atoms. The van der Waals surface area contributed by atoms with Gasteiger partial charge in [-0.15, -0.1) is 0 Å². The number of aromatic amines is 1. The molecule has 0 saturated carbocycles. The van der Waals surface area contributed by atoms with Gasteiger partial charge in [-0.25, -0.2) is 4.98 Å². The number of aromatic nitrogens is 2. The van der Waals surface area contributed by atoms with Crippen LogP contribution in [0.2, 0.25) is 10.0 Å². The molecule has 2 aromatic rings. The van der Waals surface area contributed by atoms with E-state index in [-0.39, 0.29) is 5.78 Å². The number of hydrogen-bond acceptors (Lipinski definition) is 2. The standard InChI is InChI=1S/C11H8Cl2N2O/c1-6(16)11-14-5-10(15-11)7-2-3-8(12)9(13)4-7/h2-5H,1H3,(H,14,15). The number of Topliss-reactive ketones (excluding diaryl/α,β-unsaturated/α-hetero) is 1. The van der Waals surface area contributed by atoms with Gasteiger partial charge in [0, 0.05) is 12.5 Å². The highest BCUT2D eigenvalue weighted by Crippen LogP contribution is 2.27. The van der Waals surface area contributed by atoms with Gasteiger partial charge < -0.3 is 4.98 Å². The van der Waals surface area contributed by atoms with Crippen molar-refractivity contribution in [3.63, 3.8) is 0 Å². The van der Waals surface area contributed by atoms with Gasteiger partial charge in [0.15, 0.2) is 11.6 Å². The first-order valence-corrected chi connectivity index (χ1v) is 5.35. The lowest BCUT2D eigenvalue weighted by atomic mass is 10.2. The molecule has 1 aromatic heterocycles. The second-order valence-corrected chi connectivity index (χ2v) is 4.14. The zero-order chi connectivity index (χ0) is 11.7. The Bertz CT molecular complexity index is 549. The number of ketones is 1. The maximum Gasteiger partial charge on any atom is 0.194 e. The fraction of sp³-hybridized carbons (Fsp3) is 0.0909. The van der Waals surface area contributed by atoms with Crippen LogP contribution in [0.1, 0.15) is 17.5 Å². The molecule has 0 spiro atoms. The van der Waals surface area contributed by atoms with E-state index >= 15 is 0 Å². The number of nitrogens with one attached hydrogen (secondary N) is 1. The average molecular weight is 255 g/mol. The minimum atomic E-state index is -0.105. The van der Waals surface area contributed by atoms with E-state index in [2.05, 4.69) is 9.97 Å². The van der Waals surface area contributed by atoms with Crippen molar-refractivity contribution in [3.8, 4) is 11.3 Å². The highest BCUT2D eigenvalue weighted by atomic mass is 35.5. The first-order valence-electron chi connectivity index (χ1n) is 4.59. The quantitative estimate of drug-likeness (QED) is 0.833. The van der Waals surface area contributed by atoms with E-state index in [1.54, 1.807) is 18.3 Å². The Kier molecular flexibility index (Phi) is 2.99. The van der Waals surface area contributed by atoms with E-state index < -0.39 is 0 Å². The molecule has 0 aliphatic carbocycles. The van der Waals surface area contributed by atoms with E-state index in [1.807, 2.05) is 6.07 Å². The number of hydrogen-bond donors (Lipinski definition) is 1. The van der Waals surface area contributed by atoms with Gasteiger partial charge in [-0.1, -0.05) is 29.3 Å². The molecule has 2 rings (SSSR count). The monoisotopic (exact) mass is 254 g/mol. The first kappa shape index (κ1) is 11.2. The molecule has 0 unspecified atom stereocenters. The van der Waals surface area contributed by atoms with Crippen LogP contribution in [0.15, 0.2) is 24.4 Å². The van der Waals surface area contributed by atoms with Crippen LogP contribution in [0.5, 0.6) is 0 Å². The Morgan fingerprint density at radius 1 is 1.31 bits per heavy atom. The second-order valence-electron chi connectivity index (χ2n) is 3.33. The van der Waals surface area contributed by atoms with Gasteiger partial charge in [-0.05, 0) is 12.1 Å². The number of imidazole rings is 1. The van der Waals surface area contributed by atoms with Crippen LogP contribution in [-0.2, 0) is 0 Å². The summed E-state index contributed by atoms with van der Waals surface area (Å²) in [4.78, 5) is 17.9. The molecule has 1 N–H and O–H groups in total. The molecule has 3 nitrogen and oxygen atoms in total. The van der Waals surface area contributed by atoms with Crippen LogP contribution >= 0.6 is 23.2 Å². The molecule has 0 fully saturated rings. The molecule has 1 aromatic carbocycles. The topological polar surface area (TPSA) is 45.8 Å². The van der Waals surface area contributed by atoms with Crippen molar-refractivity contribution in [2.45, 2.75) is 6.92 Å². The predicted octanol–water partition coefficient (Wildman–Crippen LogP) is 3.59. The van der Waals surface area contributed by atoms with Crippen LogP contribution < -0.4 is 0 Å². The van der Waals surface area contributed by atoms with Gasteiger partial charge in [0.2, 0.25) is 0 Å². The normalized spacial score (nSPS) is 10.4. The summed E-state index contributed by atoms with van der Waals surface area (Å²) in [7, 11) is 0. The summed E-state index contributed by atoms with van der Waals surface area (Å²) in [6.07, 6.45) is 1.59. The molecule has 5 heteroatoms. The molecule has 16 heavy (non-hydrogen) atoms. The average Bonchev–Trinajstić information content (AvgIpc) is 2.71. The number of halogens is 2. The molecule has 82 valence electrons. The predicted molar refractivity (Wildman–Crippen MR) is 64.0 cm³/mol. The summed E-state index contributed by atoms with van der Waals surface area (Å²) in [6, 6.07) is 5.24. The Morgan fingerprint density at radius 2 is 2.06 bits per heavy atom. The summed E-state index contributed by atoms with van der Waals surface area (Å²) in [5.74, 6) is 0.229. The maximum absolute atomic E-state index is 11.1.